The van der Waals surface area contributed by atoms with Crippen molar-refractivity contribution in [2.75, 3.05) is 6.61 Å². The minimum atomic E-state index is -3.94. The predicted octanol–water partition coefficient (Wildman–Crippen LogP) is 2.81. The van der Waals surface area contributed by atoms with E-state index in [9.17, 15) is 9.46 Å². The average Bonchev–Trinajstić information content (AvgIpc) is 2.15. The fourth-order valence-electron chi connectivity index (χ4n) is 0.931. The van der Waals surface area contributed by atoms with Gasteiger partial charge in [0, 0.05) is 6.61 Å². The molecule has 0 bridgehead atoms. The van der Waals surface area contributed by atoms with Crippen molar-refractivity contribution in [3.63, 3.8) is 0 Å². The van der Waals surface area contributed by atoms with Gasteiger partial charge in [-0.1, -0.05) is 13.8 Å². The maximum atomic E-state index is 12.0. The highest BCUT2D eigenvalue weighted by atomic mass is 31.2. The van der Waals surface area contributed by atoms with Crippen LogP contribution in [0.2, 0.25) is 0 Å². The van der Waals surface area contributed by atoms with E-state index in [4.69, 9.17) is 15.0 Å². The van der Waals surface area contributed by atoms with Crippen LogP contribution in [-0.4, -0.2) is 16.8 Å². The topological polar surface area (TPSA) is 81.8 Å². The van der Waals surface area contributed by atoms with Gasteiger partial charge in [0.15, 0.2) is 11.2 Å². The van der Waals surface area contributed by atoms with Gasteiger partial charge in [-0.15, -0.1) is 0 Å². The summed E-state index contributed by atoms with van der Waals surface area (Å²) in [6.07, 6.45) is 2.25. The lowest BCUT2D eigenvalue weighted by molar-refractivity contribution is 0.0171. The Kier molecular flexibility index (Phi) is 6.24. The van der Waals surface area contributed by atoms with Gasteiger partial charge in [0.25, 0.3) is 0 Å². The third kappa shape index (κ3) is 5.57. The van der Waals surface area contributed by atoms with Gasteiger partial charge in [0.2, 0.25) is 0 Å². The Balaban J connectivity index is 4.51. The molecular formula is C11H24NO4P. The summed E-state index contributed by atoms with van der Waals surface area (Å²) in [7, 11) is -3.94. The number of nitrogens with two attached hydrogens (primary N) is 1. The highest BCUT2D eigenvalue weighted by molar-refractivity contribution is 7.54. The van der Waals surface area contributed by atoms with Crippen molar-refractivity contribution in [2.45, 2.75) is 46.4 Å². The summed E-state index contributed by atoms with van der Waals surface area (Å²) in [4.78, 5) is 9.80. The molecule has 17 heavy (non-hydrogen) atoms. The predicted molar refractivity (Wildman–Crippen MR) is 68.3 cm³/mol. The van der Waals surface area contributed by atoms with Crippen LogP contribution in [0, 0.1) is 5.92 Å². The van der Waals surface area contributed by atoms with Crippen LogP contribution in [0.15, 0.2) is 12.0 Å². The van der Waals surface area contributed by atoms with E-state index in [1.807, 2.05) is 0 Å². The Labute approximate surface area is 104 Å². The Hall–Kier alpha value is -0.510. The molecule has 0 radical (unpaired) electrons. The maximum absolute atomic E-state index is 12.0. The van der Waals surface area contributed by atoms with Gasteiger partial charge in [0.05, 0.1) is 0 Å². The van der Waals surface area contributed by atoms with Gasteiger partial charge in [-0.2, -0.15) is 0 Å². The number of allylic oxidation sites excluding steroid dienone is 1. The van der Waals surface area contributed by atoms with E-state index >= 15 is 0 Å². The molecule has 0 aliphatic rings. The molecule has 0 rings (SSSR count). The first kappa shape index (κ1) is 16.5. The van der Waals surface area contributed by atoms with E-state index in [0.717, 1.165) is 6.42 Å². The van der Waals surface area contributed by atoms with E-state index in [2.05, 4.69) is 13.8 Å². The largest absolute Gasteiger partial charge is 0.408 e. The maximum Gasteiger partial charge on any atom is 0.408 e. The van der Waals surface area contributed by atoms with E-state index in [1.54, 1.807) is 6.92 Å². The molecule has 5 nitrogen and oxygen atoms in total. The second kappa shape index (κ2) is 6.43. The lowest BCUT2D eigenvalue weighted by Crippen LogP contribution is -2.27. The van der Waals surface area contributed by atoms with Crippen LogP contribution in [0.25, 0.3) is 0 Å². The lowest BCUT2D eigenvalue weighted by Gasteiger charge is -2.29. The third-order valence-electron chi connectivity index (χ3n) is 2.34. The zero-order valence-electron chi connectivity index (χ0n) is 11.3. The summed E-state index contributed by atoms with van der Waals surface area (Å²) in [5, 5.41) is -1.27. The zero-order chi connectivity index (χ0) is 13.7. The van der Waals surface area contributed by atoms with Crippen LogP contribution >= 0.6 is 7.60 Å². The Bertz CT molecular complexity index is 313. The van der Waals surface area contributed by atoms with Crippen molar-refractivity contribution in [3.05, 3.63) is 12.0 Å². The highest BCUT2D eigenvalue weighted by Crippen LogP contribution is 2.56. The molecule has 0 aliphatic carbocycles. The molecule has 0 amide bonds. The third-order valence-corrected chi connectivity index (χ3v) is 4.29. The summed E-state index contributed by atoms with van der Waals surface area (Å²) in [6.45, 7) is 9.21. The van der Waals surface area contributed by atoms with E-state index in [-0.39, 0.29) is 5.88 Å². The molecule has 0 heterocycles. The first-order valence-corrected chi connectivity index (χ1v) is 7.28. The molecule has 1 unspecified atom stereocenters. The summed E-state index contributed by atoms with van der Waals surface area (Å²) in [6, 6.07) is 0. The van der Waals surface area contributed by atoms with E-state index < -0.39 is 12.9 Å². The van der Waals surface area contributed by atoms with Crippen LogP contribution in [0.1, 0.15) is 41.0 Å². The molecule has 0 fully saturated rings. The lowest BCUT2D eigenvalue weighted by atomic mass is 10.1. The van der Waals surface area contributed by atoms with Gasteiger partial charge in [-0.05, 0) is 39.2 Å². The molecule has 102 valence electrons. The summed E-state index contributed by atoms with van der Waals surface area (Å²) < 4.78 is 22.2. The van der Waals surface area contributed by atoms with Crippen molar-refractivity contribution in [3.8, 4) is 0 Å². The monoisotopic (exact) mass is 265 g/mol. The molecule has 0 saturated carbocycles. The molecule has 0 aromatic rings. The molecule has 0 spiro atoms. The second-order valence-corrected chi connectivity index (χ2v) is 7.08. The number of hydrogen-bond acceptors (Lipinski definition) is 4. The van der Waals surface area contributed by atoms with Crippen molar-refractivity contribution in [1.82, 2.24) is 0 Å². The molecule has 3 N–H and O–H groups in total. The van der Waals surface area contributed by atoms with Crippen molar-refractivity contribution in [1.29, 1.82) is 0 Å². The molecule has 0 saturated heterocycles. The molecule has 1 atom stereocenters. The average molecular weight is 265 g/mol. The Morgan fingerprint density at radius 1 is 1.53 bits per heavy atom. The van der Waals surface area contributed by atoms with Crippen molar-refractivity contribution >= 4 is 7.60 Å². The fourth-order valence-corrected chi connectivity index (χ4v) is 1.80. The molecule has 6 heteroatoms. The van der Waals surface area contributed by atoms with Crippen molar-refractivity contribution < 1.29 is 18.7 Å². The minimum absolute atomic E-state index is 0.0728. The summed E-state index contributed by atoms with van der Waals surface area (Å²) >= 11 is 0. The second-order valence-electron chi connectivity index (χ2n) is 4.78. The quantitative estimate of drug-likeness (QED) is 0.546. The van der Waals surface area contributed by atoms with Crippen LogP contribution in [0.5, 0.6) is 0 Å². The molecule has 0 aromatic heterocycles. The smallest absolute Gasteiger partial charge is 0.407 e. The van der Waals surface area contributed by atoms with Gasteiger partial charge < -0.3 is 19.9 Å². The zero-order valence-corrected chi connectivity index (χ0v) is 12.2. The minimum Gasteiger partial charge on any atom is -0.407 e. The van der Waals surface area contributed by atoms with Crippen LogP contribution in [-0.2, 0) is 13.8 Å². The molecular weight excluding hydrogens is 241 g/mol. The first-order chi connectivity index (χ1) is 7.62. The van der Waals surface area contributed by atoms with Crippen LogP contribution in [0.3, 0.4) is 0 Å². The Morgan fingerprint density at radius 2 is 2.06 bits per heavy atom. The number of hydrogen-bond donors (Lipinski definition) is 2. The van der Waals surface area contributed by atoms with Gasteiger partial charge in [0.1, 0.15) is 0 Å². The standard InChI is InChI=1S/C11H24NO4P/c1-6-10(12)16-17(13,14)11(4,5)15-8-7-9(2)3/h6,9H,7-8,12H2,1-5H3,(H,13,14). The SMILES string of the molecule is CC=C(N)OP(=O)(O)C(C)(C)OCCC(C)C. The summed E-state index contributed by atoms with van der Waals surface area (Å²) in [5.74, 6) is 0.404. The highest BCUT2D eigenvalue weighted by Gasteiger charge is 2.43. The number of ether oxygens (including phenoxy) is 1. The van der Waals surface area contributed by atoms with E-state index in [1.165, 1.54) is 19.9 Å². The van der Waals surface area contributed by atoms with Crippen LogP contribution < -0.4 is 5.73 Å². The normalized spacial score (nSPS) is 17.0. The first-order valence-electron chi connectivity index (χ1n) is 5.70. The van der Waals surface area contributed by atoms with Gasteiger partial charge in [-0.25, -0.2) is 4.57 Å². The molecule has 0 aromatic carbocycles. The van der Waals surface area contributed by atoms with Crippen molar-refractivity contribution in [2.24, 2.45) is 11.7 Å². The van der Waals surface area contributed by atoms with Crippen LogP contribution in [0.4, 0.5) is 0 Å². The molecule has 0 aliphatic heterocycles. The van der Waals surface area contributed by atoms with Gasteiger partial charge in [-0.3, -0.25) is 0 Å². The number of rotatable bonds is 7. The Morgan fingerprint density at radius 3 is 2.47 bits per heavy atom. The summed E-state index contributed by atoms with van der Waals surface area (Å²) in [5.41, 5.74) is 5.38. The van der Waals surface area contributed by atoms with E-state index in [0.29, 0.717) is 12.5 Å². The fraction of sp³-hybridized carbons (Fsp3) is 0.818. The van der Waals surface area contributed by atoms with Gasteiger partial charge >= 0.3 is 7.60 Å².